The molecule has 80 valence electrons. The summed E-state index contributed by atoms with van der Waals surface area (Å²) in [4.78, 5) is 22.6. The monoisotopic (exact) mass is 206 g/mol. The normalized spacial score (nSPS) is 10.3. The third kappa shape index (κ3) is 2.34. The van der Waals surface area contributed by atoms with Crippen LogP contribution in [0.5, 0.6) is 0 Å². The molecule has 0 heterocycles. The molecule has 0 bridgehead atoms. The summed E-state index contributed by atoms with van der Waals surface area (Å²) in [5, 5.41) is 0. The van der Waals surface area contributed by atoms with Gasteiger partial charge < -0.3 is 11.5 Å². The Bertz CT molecular complexity index is 411. The molecule has 0 atom stereocenters. The second-order valence-electron chi connectivity index (χ2n) is 3.69. The molecule has 0 aliphatic heterocycles. The van der Waals surface area contributed by atoms with Gasteiger partial charge in [0, 0.05) is 17.2 Å². The Labute approximate surface area is 88.3 Å². The topological polar surface area (TPSA) is 86.2 Å². The van der Waals surface area contributed by atoms with Crippen molar-refractivity contribution in [2.24, 2.45) is 11.7 Å². The Hall–Kier alpha value is -1.84. The predicted octanol–water partition coefficient (Wildman–Crippen LogP) is 1.21. The van der Waals surface area contributed by atoms with Gasteiger partial charge in [0.2, 0.25) is 0 Å². The summed E-state index contributed by atoms with van der Waals surface area (Å²) in [7, 11) is 0. The van der Waals surface area contributed by atoms with E-state index in [0.29, 0.717) is 11.3 Å². The number of carbonyl (C=O) groups is 2. The van der Waals surface area contributed by atoms with Crippen molar-refractivity contribution < 1.29 is 9.59 Å². The fourth-order valence-corrected chi connectivity index (χ4v) is 1.26. The molecule has 0 spiro atoms. The number of nitrogen functional groups attached to an aromatic ring is 1. The number of amides is 1. The van der Waals surface area contributed by atoms with E-state index in [1.807, 2.05) is 0 Å². The zero-order chi connectivity index (χ0) is 11.6. The van der Waals surface area contributed by atoms with E-state index < -0.39 is 5.91 Å². The maximum atomic E-state index is 11.6. The van der Waals surface area contributed by atoms with Gasteiger partial charge in [0.05, 0.1) is 5.56 Å². The van der Waals surface area contributed by atoms with E-state index in [0.717, 1.165) is 0 Å². The van der Waals surface area contributed by atoms with Crippen LogP contribution < -0.4 is 11.5 Å². The molecule has 0 aromatic heterocycles. The molecule has 0 aliphatic rings. The summed E-state index contributed by atoms with van der Waals surface area (Å²) in [6, 6.07) is 4.57. The second kappa shape index (κ2) is 4.13. The van der Waals surface area contributed by atoms with Gasteiger partial charge in [0.25, 0.3) is 5.91 Å². The van der Waals surface area contributed by atoms with Crippen LogP contribution >= 0.6 is 0 Å². The van der Waals surface area contributed by atoms with Gasteiger partial charge in [0.15, 0.2) is 5.78 Å². The first-order valence-corrected chi connectivity index (χ1v) is 4.67. The van der Waals surface area contributed by atoms with Crippen molar-refractivity contribution in [2.75, 3.05) is 5.73 Å². The summed E-state index contributed by atoms with van der Waals surface area (Å²) >= 11 is 0. The molecule has 0 saturated carbocycles. The minimum atomic E-state index is -0.620. The van der Waals surface area contributed by atoms with Gasteiger partial charge in [-0.05, 0) is 18.2 Å². The Morgan fingerprint density at radius 2 is 1.87 bits per heavy atom. The number of carbonyl (C=O) groups excluding carboxylic acids is 2. The van der Waals surface area contributed by atoms with Gasteiger partial charge in [-0.25, -0.2) is 0 Å². The van der Waals surface area contributed by atoms with Crippen LogP contribution in [0.3, 0.4) is 0 Å². The molecule has 1 aromatic rings. The van der Waals surface area contributed by atoms with Crippen LogP contribution in [0.25, 0.3) is 0 Å². The third-order valence-electron chi connectivity index (χ3n) is 2.13. The van der Waals surface area contributed by atoms with Gasteiger partial charge in [-0.15, -0.1) is 0 Å². The number of hydrogen-bond acceptors (Lipinski definition) is 3. The molecule has 4 nitrogen and oxygen atoms in total. The van der Waals surface area contributed by atoms with Gasteiger partial charge in [-0.3, -0.25) is 9.59 Å². The van der Waals surface area contributed by atoms with Gasteiger partial charge in [0.1, 0.15) is 0 Å². The summed E-state index contributed by atoms with van der Waals surface area (Å²) in [6.07, 6.45) is 0. The Kier molecular flexibility index (Phi) is 3.09. The number of rotatable bonds is 3. The van der Waals surface area contributed by atoms with Crippen molar-refractivity contribution in [1.29, 1.82) is 0 Å². The van der Waals surface area contributed by atoms with Crippen LogP contribution in [0.1, 0.15) is 34.6 Å². The van der Waals surface area contributed by atoms with Crippen LogP contribution in [0.15, 0.2) is 18.2 Å². The molecule has 0 aliphatic carbocycles. The number of nitrogens with two attached hydrogens (primary N) is 2. The van der Waals surface area contributed by atoms with Crippen LogP contribution in [0, 0.1) is 5.92 Å². The molecule has 1 aromatic carbocycles. The SMILES string of the molecule is CC(C)C(=O)c1ccc(N)c(C(N)=O)c1. The van der Waals surface area contributed by atoms with Crippen LogP contribution in [-0.2, 0) is 0 Å². The smallest absolute Gasteiger partial charge is 0.250 e. The quantitative estimate of drug-likeness (QED) is 0.575. The fourth-order valence-electron chi connectivity index (χ4n) is 1.26. The second-order valence-corrected chi connectivity index (χ2v) is 3.69. The van der Waals surface area contributed by atoms with E-state index in [1.54, 1.807) is 19.9 Å². The summed E-state index contributed by atoms with van der Waals surface area (Å²) in [5.41, 5.74) is 11.6. The lowest BCUT2D eigenvalue weighted by molar-refractivity contribution is 0.0939. The standard InChI is InChI=1S/C11H14N2O2/c1-6(2)10(14)7-3-4-9(12)8(5-7)11(13)15/h3-6H,12H2,1-2H3,(H2,13,15). The minimum Gasteiger partial charge on any atom is -0.398 e. The number of ketones is 1. The summed E-state index contributed by atoms with van der Waals surface area (Å²) in [5.74, 6) is -0.766. The summed E-state index contributed by atoms with van der Waals surface area (Å²) in [6.45, 7) is 3.59. The van der Waals surface area contributed by atoms with E-state index in [1.165, 1.54) is 12.1 Å². The lowest BCUT2D eigenvalue weighted by Gasteiger charge is -2.07. The highest BCUT2D eigenvalue weighted by Crippen LogP contribution is 2.16. The fraction of sp³-hybridized carbons (Fsp3) is 0.273. The van der Waals surface area contributed by atoms with Crippen molar-refractivity contribution in [3.63, 3.8) is 0 Å². The Balaban J connectivity index is 3.19. The highest BCUT2D eigenvalue weighted by Gasteiger charge is 2.13. The van der Waals surface area contributed by atoms with E-state index in [-0.39, 0.29) is 17.3 Å². The van der Waals surface area contributed by atoms with Crippen molar-refractivity contribution in [3.8, 4) is 0 Å². The average Bonchev–Trinajstić information content (AvgIpc) is 2.16. The molecule has 0 saturated heterocycles. The molecule has 1 amide bonds. The molecule has 1 rings (SSSR count). The molecule has 0 fully saturated rings. The molecular formula is C11H14N2O2. The van der Waals surface area contributed by atoms with Crippen molar-refractivity contribution in [3.05, 3.63) is 29.3 Å². The summed E-state index contributed by atoms with van der Waals surface area (Å²) < 4.78 is 0. The first kappa shape index (κ1) is 11.2. The zero-order valence-electron chi connectivity index (χ0n) is 8.78. The molecule has 4 N–H and O–H groups in total. The van der Waals surface area contributed by atoms with Crippen LogP contribution in [-0.4, -0.2) is 11.7 Å². The van der Waals surface area contributed by atoms with Gasteiger partial charge in [-0.2, -0.15) is 0 Å². The number of hydrogen-bond donors (Lipinski definition) is 2. The van der Waals surface area contributed by atoms with Crippen molar-refractivity contribution in [1.82, 2.24) is 0 Å². The Morgan fingerprint density at radius 3 is 2.33 bits per heavy atom. The molecule has 4 heteroatoms. The van der Waals surface area contributed by atoms with Crippen molar-refractivity contribution in [2.45, 2.75) is 13.8 Å². The highest BCUT2D eigenvalue weighted by molar-refractivity contribution is 6.03. The number of Topliss-reactive ketones (excluding diaryl/α,β-unsaturated/α-hetero) is 1. The maximum Gasteiger partial charge on any atom is 0.250 e. The van der Waals surface area contributed by atoms with Gasteiger partial charge in [-0.1, -0.05) is 13.8 Å². The van der Waals surface area contributed by atoms with Crippen LogP contribution in [0.4, 0.5) is 5.69 Å². The molecule has 0 unspecified atom stereocenters. The van der Waals surface area contributed by atoms with Gasteiger partial charge >= 0.3 is 0 Å². The van der Waals surface area contributed by atoms with E-state index >= 15 is 0 Å². The molecule has 0 radical (unpaired) electrons. The zero-order valence-corrected chi connectivity index (χ0v) is 8.78. The lowest BCUT2D eigenvalue weighted by Crippen LogP contribution is -2.15. The molecular weight excluding hydrogens is 192 g/mol. The van der Waals surface area contributed by atoms with E-state index in [2.05, 4.69) is 0 Å². The Morgan fingerprint density at radius 1 is 1.27 bits per heavy atom. The number of primary amides is 1. The highest BCUT2D eigenvalue weighted by atomic mass is 16.1. The predicted molar refractivity (Wildman–Crippen MR) is 58.5 cm³/mol. The van der Waals surface area contributed by atoms with Crippen LogP contribution in [0.2, 0.25) is 0 Å². The number of anilines is 1. The largest absolute Gasteiger partial charge is 0.398 e. The lowest BCUT2D eigenvalue weighted by atomic mass is 9.98. The first-order chi connectivity index (χ1) is 6.93. The number of benzene rings is 1. The van der Waals surface area contributed by atoms with Crippen molar-refractivity contribution >= 4 is 17.4 Å². The van der Waals surface area contributed by atoms with E-state index in [9.17, 15) is 9.59 Å². The minimum absolute atomic E-state index is 0.0301. The molecule has 15 heavy (non-hydrogen) atoms. The third-order valence-corrected chi connectivity index (χ3v) is 2.13. The maximum absolute atomic E-state index is 11.6. The average molecular weight is 206 g/mol. The first-order valence-electron chi connectivity index (χ1n) is 4.67. The van der Waals surface area contributed by atoms with E-state index in [4.69, 9.17) is 11.5 Å².